The van der Waals surface area contributed by atoms with Gasteiger partial charge in [-0.2, -0.15) is 0 Å². The fraction of sp³-hybridized carbons (Fsp3) is 0.692. The van der Waals surface area contributed by atoms with Gasteiger partial charge in [0.1, 0.15) is 0 Å². The van der Waals surface area contributed by atoms with Crippen molar-refractivity contribution in [3.8, 4) is 0 Å². The summed E-state index contributed by atoms with van der Waals surface area (Å²) in [6, 6.07) is 0. The monoisotopic (exact) mass is 210 g/mol. The summed E-state index contributed by atoms with van der Waals surface area (Å²) in [6.07, 6.45) is 5.31. The van der Waals surface area contributed by atoms with E-state index in [0.717, 1.165) is 12.2 Å². The van der Waals surface area contributed by atoms with Crippen molar-refractivity contribution in [2.75, 3.05) is 13.6 Å². The van der Waals surface area contributed by atoms with Crippen molar-refractivity contribution in [3.63, 3.8) is 0 Å². The Balaban J connectivity index is 4.39. The molecule has 0 spiro atoms. The number of allylic oxidation sites excluding steroid dienone is 3. The molecule has 0 heterocycles. The average molecular weight is 210 g/mol. The number of rotatable bonds is 6. The molecule has 0 radical (unpaired) electrons. The van der Waals surface area contributed by atoms with Gasteiger partial charge in [0.25, 0.3) is 0 Å². The molecule has 0 atom stereocenters. The van der Waals surface area contributed by atoms with Gasteiger partial charge in [-0.25, -0.2) is 0 Å². The first kappa shape index (κ1) is 14.1. The van der Waals surface area contributed by atoms with Crippen LogP contribution in [0.5, 0.6) is 0 Å². The quantitative estimate of drug-likeness (QED) is 0.658. The molecule has 2 N–H and O–H groups in total. The highest BCUT2D eigenvalue weighted by molar-refractivity contribution is 5.21. The number of hydrogen-bond acceptors (Lipinski definition) is 2. The first-order valence-corrected chi connectivity index (χ1v) is 5.72. The lowest BCUT2D eigenvalue weighted by Gasteiger charge is -2.24. The van der Waals surface area contributed by atoms with Crippen molar-refractivity contribution in [2.24, 2.45) is 5.41 Å². The summed E-state index contributed by atoms with van der Waals surface area (Å²) in [5.41, 5.74) is 2.72. The molecule has 0 aliphatic rings. The van der Waals surface area contributed by atoms with Crippen molar-refractivity contribution in [3.05, 3.63) is 23.5 Å². The van der Waals surface area contributed by atoms with Crippen LogP contribution in [0.4, 0.5) is 0 Å². The van der Waals surface area contributed by atoms with Crippen molar-refractivity contribution < 1.29 is 0 Å². The molecule has 0 rings (SSSR count). The molecule has 0 aliphatic carbocycles. The normalized spacial score (nSPS) is 14.0. The zero-order valence-electron chi connectivity index (χ0n) is 11.1. The second-order valence-electron chi connectivity index (χ2n) is 4.66. The van der Waals surface area contributed by atoms with Crippen LogP contribution >= 0.6 is 0 Å². The van der Waals surface area contributed by atoms with E-state index in [2.05, 4.69) is 44.4 Å². The molecule has 0 aromatic heterocycles. The highest BCUT2D eigenvalue weighted by Gasteiger charge is 2.14. The molecule has 0 saturated heterocycles. The van der Waals surface area contributed by atoms with Crippen LogP contribution in [0.2, 0.25) is 0 Å². The zero-order chi connectivity index (χ0) is 11.9. The standard InChI is InChI=1S/C13H26N2/c1-7-9-12(14-6)11(3)15-10-13(4,5)8-2/h7,9,14-15H,8,10H2,1-6H3/b9-7+,12-11-. The second kappa shape index (κ2) is 6.54. The van der Waals surface area contributed by atoms with E-state index < -0.39 is 0 Å². The van der Waals surface area contributed by atoms with E-state index in [1.807, 2.05) is 20.0 Å². The lowest BCUT2D eigenvalue weighted by atomic mass is 9.90. The van der Waals surface area contributed by atoms with E-state index in [4.69, 9.17) is 0 Å². The summed E-state index contributed by atoms with van der Waals surface area (Å²) in [7, 11) is 1.95. The number of likely N-dealkylation sites (N-methyl/N-ethyl adjacent to an activating group) is 1. The third-order valence-electron chi connectivity index (χ3n) is 2.80. The summed E-state index contributed by atoms with van der Waals surface area (Å²) < 4.78 is 0. The highest BCUT2D eigenvalue weighted by atomic mass is 14.9. The largest absolute Gasteiger partial charge is 0.387 e. The van der Waals surface area contributed by atoms with Gasteiger partial charge in [-0.05, 0) is 31.8 Å². The molecule has 15 heavy (non-hydrogen) atoms. The third kappa shape index (κ3) is 5.50. The smallest absolute Gasteiger partial charge is 0.0524 e. The van der Waals surface area contributed by atoms with E-state index in [9.17, 15) is 0 Å². The summed E-state index contributed by atoms with van der Waals surface area (Å²) in [5.74, 6) is 0. The Morgan fingerprint density at radius 1 is 1.33 bits per heavy atom. The van der Waals surface area contributed by atoms with Crippen LogP contribution in [0.15, 0.2) is 23.5 Å². The maximum Gasteiger partial charge on any atom is 0.0524 e. The van der Waals surface area contributed by atoms with Gasteiger partial charge in [-0.3, -0.25) is 0 Å². The molecular weight excluding hydrogens is 184 g/mol. The van der Waals surface area contributed by atoms with Crippen LogP contribution in [0.3, 0.4) is 0 Å². The van der Waals surface area contributed by atoms with Crippen LogP contribution in [0.1, 0.15) is 41.0 Å². The summed E-state index contributed by atoms with van der Waals surface area (Å²) in [4.78, 5) is 0. The molecule has 0 unspecified atom stereocenters. The minimum atomic E-state index is 0.357. The van der Waals surface area contributed by atoms with Gasteiger partial charge in [0.2, 0.25) is 0 Å². The predicted molar refractivity (Wildman–Crippen MR) is 68.6 cm³/mol. The van der Waals surface area contributed by atoms with Gasteiger partial charge in [-0.15, -0.1) is 0 Å². The van der Waals surface area contributed by atoms with Gasteiger partial charge >= 0.3 is 0 Å². The molecule has 2 heteroatoms. The van der Waals surface area contributed by atoms with Gasteiger partial charge in [-0.1, -0.05) is 26.8 Å². The zero-order valence-corrected chi connectivity index (χ0v) is 11.1. The lowest BCUT2D eigenvalue weighted by Crippen LogP contribution is -2.29. The minimum Gasteiger partial charge on any atom is -0.387 e. The van der Waals surface area contributed by atoms with Crippen molar-refractivity contribution in [1.29, 1.82) is 0 Å². The molecule has 0 aromatic carbocycles. The molecule has 0 fully saturated rings. The van der Waals surface area contributed by atoms with Gasteiger partial charge < -0.3 is 10.6 Å². The SMILES string of the molecule is C/C=C/C(NC)=C(\C)NCC(C)(C)CC. The first-order chi connectivity index (χ1) is 6.96. The minimum absolute atomic E-state index is 0.357. The fourth-order valence-electron chi connectivity index (χ4n) is 1.15. The van der Waals surface area contributed by atoms with Gasteiger partial charge in [0.15, 0.2) is 0 Å². The van der Waals surface area contributed by atoms with E-state index in [1.54, 1.807) is 0 Å². The Morgan fingerprint density at radius 2 is 1.93 bits per heavy atom. The fourth-order valence-corrected chi connectivity index (χ4v) is 1.15. The second-order valence-corrected chi connectivity index (χ2v) is 4.66. The van der Waals surface area contributed by atoms with E-state index in [1.165, 1.54) is 12.1 Å². The first-order valence-electron chi connectivity index (χ1n) is 5.72. The summed E-state index contributed by atoms with van der Waals surface area (Å²) in [6.45, 7) is 11.9. The van der Waals surface area contributed by atoms with Crippen LogP contribution in [0, 0.1) is 5.41 Å². The van der Waals surface area contributed by atoms with Crippen molar-refractivity contribution in [1.82, 2.24) is 10.6 Å². The Kier molecular flexibility index (Phi) is 6.14. The number of nitrogens with one attached hydrogen (secondary N) is 2. The van der Waals surface area contributed by atoms with Crippen LogP contribution in [-0.2, 0) is 0 Å². The van der Waals surface area contributed by atoms with Crippen LogP contribution < -0.4 is 10.6 Å². The molecule has 88 valence electrons. The lowest BCUT2D eigenvalue weighted by molar-refractivity contribution is 0.340. The molecule has 0 bridgehead atoms. The average Bonchev–Trinajstić information content (AvgIpc) is 2.22. The van der Waals surface area contributed by atoms with Crippen molar-refractivity contribution >= 4 is 0 Å². The molecule has 0 amide bonds. The molecule has 2 nitrogen and oxygen atoms in total. The molecule has 0 saturated carbocycles. The number of hydrogen-bond donors (Lipinski definition) is 2. The maximum absolute atomic E-state index is 3.48. The topological polar surface area (TPSA) is 24.1 Å². The van der Waals surface area contributed by atoms with E-state index in [0.29, 0.717) is 5.41 Å². The maximum atomic E-state index is 3.48. The van der Waals surface area contributed by atoms with Crippen molar-refractivity contribution in [2.45, 2.75) is 41.0 Å². The molecule has 0 aliphatic heterocycles. The Bertz CT molecular complexity index is 237. The van der Waals surface area contributed by atoms with E-state index >= 15 is 0 Å². The molecular formula is C13H26N2. The summed E-state index contributed by atoms with van der Waals surface area (Å²) >= 11 is 0. The Hall–Kier alpha value is -0.920. The highest BCUT2D eigenvalue weighted by Crippen LogP contribution is 2.18. The Morgan fingerprint density at radius 3 is 2.33 bits per heavy atom. The van der Waals surface area contributed by atoms with Crippen LogP contribution in [-0.4, -0.2) is 13.6 Å². The predicted octanol–water partition coefficient (Wildman–Crippen LogP) is 3.04. The molecule has 0 aromatic rings. The van der Waals surface area contributed by atoms with Crippen LogP contribution in [0.25, 0.3) is 0 Å². The van der Waals surface area contributed by atoms with E-state index in [-0.39, 0.29) is 0 Å². The Labute approximate surface area is 94.8 Å². The summed E-state index contributed by atoms with van der Waals surface area (Å²) in [5, 5.41) is 6.66. The van der Waals surface area contributed by atoms with Gasteiger partial charge in [0.05, 0.1) is 5.70 Å². The van der Waals surface area contributed by atoms with Gasteiger partial charge in [0, 0.05) is 19.3 Å². The third-order valence-corrected chi connectivity index (χ3v) is 2.80.